The number of benzene rings is 2. The third kappa shape index (κ3) is 3.62. The Kier molecular flexibility index (Phi) is 4.15. The van der Waals surface area contributed by atoms with E-state index in [4.69, 9.17) is 0 Å². The second kappa shape index (κ2) is 6.57. The number of carbonyl (C=O) groups is 1. The van der Waals surface area contributed by atoms with Crippen LogP contribution in [0.1, 0.15) is 16.1 Å². The van der Waals surface area contributed by atoms with Gasteiger partial charge in [0.05, 0.1) is 17.6 Å². The van der Waals surface area contributed by atoms with Crippen LogP contribution in [0.5, 0.6) is 5.75 Å². The van der Waals surface area contributed by atoms with Crippen LogP contribution >= 0.6 is 0 Å². The standard InChI is InChI=1S/C17H14N4O2/c22-15-8-6-13(7-9-15)17(23)21-18-11-14-10-16(20-19-14)12-4-2-1-3-5-12/h1-11,22H,(H,19,20)(H,21,23). The molecule has 0 saturated carbocycles. The first-order valence-electron chi connectivity index (χ1n) is 6.95. The fourth-order valence-corrected chi connectivity index (χ4v) is 2.00. The predicted molar refractivity (Wildman–Crippen MR) is 87.2 cm³/mol. The van der Waals surface area contributed by atoms with E-state index in [1.807, 2.05) is 36.4 Å². The number of nitrogens with one attached hydrogen (secondary N) is 2. The molecule has 0 atom stereocenters. The minimum absolute atomic E-state index is 0.107. The van der Waals surface area contributed by atoms with Crippen LogP contribution in [0.25, 0.3) is 11.3 Å². The summed E-state index contributed by atoms with van der Waals surface area (Å²) in [5.74, 6) is -0.250. The summed E-state index contributed by atoms with van der Waals surface area (Å²) < 4.78 is 0. The van der Waals surface area contributed by atoms with Crippen LogP contribution in [0.3, 0.4) is 0 Å². The maximum atomic E-state index is 11.8. The van der Waals surface area contributed by atoms with Gasteiger partial charge in [0.1, 0.15) is 5.75 Å². The number of nitrogens with zero attached hydrogens (tertiary/aromatic N) is 2. The van der Waals surface area contributed by atoms with Crippen molar-refractivity contribution >= 4 is 12.1 Å². The van der Waals surface area contributed by atoms with Gasteiger partial charge >= 0.3 is 0 Å². The Labute approximate surface area is 132 Å². The van der Waals surface area contributed by atoms with Crippen molar-refractivity contribution in [3.8, 4) is 17.0 Å². The first kappa shape index (κ1) is 14.5. The highest BCUT2D eigenvalue weighted by Crippen LogP contribution is 2.16. The molecule has 6 nitrogen and oxygen atoms in total. The molecular formula is C17H14N4O2. The number of aromatic amines is 1. The minimum atomic E-state index is -0.357. The fraction of sp³-hybridized carbons (Fsp3) is 0. The summed E-state index contributed by atoms with van der Waals surface area (Å²) in [4.78, 5) is 11.8. The molecule has 6 heteroatoms. The zero-order valence-electron chi connectivity index (χ0n) is 12.1. The van der Waals surface area contributed by atoms with Crippen molar-refractivity contribution in [3.05, 3.63) is 71.9 Å². The molecule has 0 radical (unpaired) electrons. The summed E-state index contributed by atoms with van der Waals surface area (Å²) >= 11 is 0. The Bertz CT molecular complexity index is 823. The van der Waals surface area contributed by atoms with Crippen molar-refractivity contribution < 1.29 is 9.90 Å². The Balaban J connectivity index is 1.63. The zero-order valence-corrected chi connectivity index (χ0v) is 12.1. The topological polar surface area (TPSA) is 90.4 Å². The quantitative estimate of drug-likeness (QED) is 0.511. The van der Waals surface area contributed by atoms with Crippen LogP contribution in [0.4, 0.5) is 0 Å². The number of rotatable bonds is 4. The molecule has 3 N–H and O–H groups in total. The van der Waals surface area contributed by atoms with E-state index in [9.17, 15) is 9.90 Å². The van der Waals surface area contributed by atoms with Crippen molar-refractivity contribution in [3.63, 3.8) is 0 Å². The Morgan fingerprint density at radius 2 is 1.87 bits per heavy atom. The molecule has 1 amide bonds. The third-order valence-corrected chi connectivity index (χ3v) is 3.17. The van der Waals surface area contributed by atoms with Gasteiger partial charge in [-0.3, -0.25) is 9.89 Å². The van der Waals surface area contributed by atoms with Crippen molar-refractivity contribution in [2.45, 2.75) is 0 Å². The van der Waals surface area contributed by atoms with Gasteiger partial charge in [-0.05, 0) is 30.3 Å². The van der Waals surface area contributed by atoms with Gasteiger partial charge in [-0.1, -0.05) is 30.3 Å². The van der Waals surface area contributed by atoms with Crippen LogP contribution in [-0.4, -0.2) is 27.4 Å². The summed E-state index contributed by atoms with van der Waals surface area (Å²) in [6.45, 7) is 0. The number of phenolic OH excluding ortho intramolecular Hbond substituents is 1. The van der Waals surface area contributed by atoms with E-state index in [1.54, 1.807) is 0 Å². The number of hydrogen-bond donors (Lipinski definition) is 3. The number of phenols is 1. The SMILES string of the molecule is O=C(NN=Cc1cc(-c2ccccc2)n[nH]1)c1ccc(O)cc1. The van der Waals surface area contributed by atoms with Crippen molar-refractivity contribution in [2.24, 2.45) is 5.10 Å². The van der Waals surface area contributed by atoms with Crippen LogP contribution in [0, 0.1) is 0 Å². The number of H-pyrrole nitrogens is 1. The second-order valence-electron chi connectivity index (χ2n) is 4.82. The first-order chi connectivity index (χ1) is 11.2. The van der Waals surface area contributed by atoms with E-state index in [0.717, 1.165) is 11.3 Å². The molecule has 114 valence electrons. The molecule has 0 unspecified atom stereocenters. The molecule has 0 aliphatic heterocycles. The molecular weight excluding hydrogens is 292 g/mol. The largest absolute Gasteiger partial charge is 0.508 e. The second-order valence-corrected chi connectivity index (χ2v) is 4.82. The van der Waals surface area contributed by atoms with Gasteiger partial charge in [0, 0.05) is 11.1 Å². The lowest BCUT2D eigenvalue weighted by molar-refractivity contribution is 0.0955. The number of hydrazone groups is 1. The lowest BCUT2D eigenvalue weighted by Gasteiger charge is -1.99. The van der Waals surface area contributed by atoms with E-state index in [-0.39, 0.29) is 11.7 Å². The van der Waals surface area contributed by atoms with Gasteiger partial charge in [-0.25, -0.2) is 5.43 Å². The van der Waals surface area contributed by atoms with Gasteiger partial charge in [0.15, 0.2) is 0 Å². The lowest BCUT2D eigenvalue weighted by atomic mass is 10.1. The summed E-state index contributed by atoms with van der Waals surface area (Å²) in [5, 5.41) is 20.1. The molecule has 1 heterocycles. The fourth-order valence-electron chi connectivity index (χ4n) is 2.00. The van der Waals surface area contributed by atoms with Crippen LogP contribution in [0.2, 0.25) is 0 Å². The zero-order chi connectivity index (χ0) is 16.1. The normalized spacial score (nSPS) is 10.8. The molecule has 0 saturated heterocycles. The summed E-state index contributed by atoms with van der Waals surface area (Å²) in [6.07, 6.45) is 1.48. The minimum Gasteiger partial charge on any atom is -0.508 e. The van der Waals surface area contributed by atoms with Gasteiger partial charge in [0.2, 0.25) is 0 Å². The molecule has 0 aliphatic rings. The number of hydrogen-bond acceptors (Lipinski definition) is 4. The lowest BCUT2D eigenvalue weighted by Crippen LogP contribution is -2.17. The number of amides is 1. The molecule has 3 aromatic rings. The predicted octanol–water partition coefficient (Wildman–Crippen LogP) is 2.55. The summed E-state index contributed by atoms with van der Waals surface area (Å²) in [5.41, 5.74) is 5.30. The number of aromatic nitrogens is 2. The molecule has 0 spiro atoms. The van der Waals surface area contributed by atoms with E-state index >= 15 is 0 Å². The van der Waals surface area contributed by atoms with Gasteiger partial charge in [0.25, 0.3) is 5.91 Å². The average Bonchev–Trinajstić information content (AvgIpc) is 3.05. The van der Waals surface area contributed by atoms with Crippen molar-refractivity contribution in [1.82, 2.24) is 15.6 Å². The molecule has 0 bridgehead atoms. The molecule has 3 rings (SSSR count). The highest BCUT2D eigenvalue weighted by atomic mass is 16.3. The number of aromatic hydroxyl groups is 1. The Morgan fingerprint density at radius 3 is 2.61 bits per heavy atom. The Morgan fingerprint density at radius 1 is 1.13 bits per heavy atom. The highest BCUT2D eigenvalue weighted by molar-refractivity contribution is 5.94. The molecule has 1 aromatic heterocycles. The maximum absolute atomic E-state index is 11.8. The van der Waals surface area contributed by atoms with Crippen LogP contribution in [0.15, 0.2) is 65.8 Å². The van der Waals surface area contributed by atoms with E-state index in [2.05, 4.69) is 20.7 Å². The van der Waals surface area contributed by atoms with Crippen LogP contribution < -0.4 is 5.43 Å². The first-order valence-corrected chi connectivity index (χ1v) is 6.95. The van der Waals surface area contributed by atoms with E-state index < -0.39 is 0 Å². The Hall–Kier alpha value is -3.41. The van der Waals surface area contributed by atoms with E-state index in [0.29, 0.717) is 11.3 Å². The van der Waals surface area contributed by atoms with Gasteiger partial charge in [-0.15, -0.1) is 0 Å². The molecule has 0 aliphatic carbocycles. The van der Waals surface area contributed by atoms with E-state index in [1.165, 1.54) is 30.5 Å². The smallest absolute Gasteiger partial charge is 0.271 e. The third-order valence-electron chi connectivity index (χ3n) is 3.17. The maximum Gasteiger partial charge on any atom is 0.271 e. The molecule has 2 aromatic carbocycles. The van der Waals surface area contributed by atoms with Crippen molar-refractivity contribution in [2.75, 3.05) is 0 Å². The molecule has 23 heavy (non-hydrogen) atoms. The van der Waals surface area contributed by atoms with Gasteiger partial charge < -0.3 is 5.11 Å². The highest BCUT2D eigenvalue weighted by Gasteiger charge is 2.04. The van der Waals surface area contributed by atoms with Crippen LogP contribution in [-0.2, 0) is 0 Å². The number of carbonyl (C=O) groups excluding carboxylic acids is 1. The summed E-state index contributed by atoms with van der Waals surface area (Å²) in [6, 6.07) is 17.5. The summed E-state index contributed by atoms with van der Waals surface area (Å²) in [7, 11) is 0. The van der Waals surface area contributed by atoms with Gasteiger partial charge in [-0.2, -0.15) is 10.2 Å². The molecule has 0 fully saturated rings. The average molecular weight is 306 g/mol. The monoisotopic (exact) mass is 306 g/mol. The van der Waals surface area contributed by atoms with Crippen molar-refractivity contribution in [1.29, 1.82) is 0 Å².